The number of anilines is 1. The van der Waals surface area contributed by atoms with Gasteiger partial charge >= 0.3 is 0 Å². The standard InChI is InChI=1S/C20H19N5O2S/c1-11-7-18(22-19(26)16-8-12(2)27-24-16)25(23-11)20-21-15-9-13-5-3-4-6-14(13)10-17(15)28-20/h7-10H,3-6H2,1-2H3,(H,22,26). The number of aryl methyl sites for hydroxylation is 4. The van der Waals surface area contributed by atoms with Crippen LogP contribution in [0.3, 0.4) is 0 Å². The van der Waals surface area contributed by atoms with E-state index in [1.165, 1.54) is 24.0 Å². The highest BCUT2D eigenvalue weighted by molar-refractivity contribution is 7.20. The molecule has 7 nitrogen and oxygen atoms in total. The van der Waals surface area contributed by atoms with E-state index in [1.807, 2.05) is 13.0 Å². The van der Waals surface area contributed by atoms with Crippen LogP contribution in [-0.2, 0) is 12.8 Å². The predicted octanol–water partition coefficient (Wildman–Crippen LogP) is 4.22. The summed E-state index contributed by atoms with van der Waals surface area (Å²) in [5.41, 5.74) is 4.85. The number of fused-ring (bicyclic) bond motifs is 2. The van der Waals surface area contributed by atoms with E-state index in [1.54, 1.807) is 29.0 Å². The number of carbonyl (C=O) groups excluding carboxylic acids is 1. The van der Waals surface area contributed by atoms with E-state index in [2.05, 4.69) is 27.7 Å². The fourth-order valence-corrected chi connectivity index (χ4v) is 4.60. The molecule has 1 amide bonds. The summed E-state index contributed by atoms with van der Waals surface area (Å²) in [6.07, 6.45) is 4.75. The smallest absolute Gasteiger partial charge is 0.279 e. The zero-order valence-corrected chi connectivity index (χ0v) is 16.5. The van der Waals surface area contributed by atoms with Gasteiger partial charge in [-0.25, -0.2) is 4.98 Å². The highest BCUT2D eigenvalue weighted by Crippen LogP contribution is 2.32. The maximum Gasteiger partial charge on any atom is 0.279 e. The lowest BCUT2D eigenvalue weighted by Crippen LogP contribution is -2.15. The Kier molecular flexibility index (Phi) is 4.01. The lowest BCUT2D eigenvalue weighted by atomic mass is 9.92. The van der Waals surface area contributed by atoms with E-state index in [-0.39, 0.29) is 11.6 Å². The monoisotopic (exact) mass is 393 g/mol. The molecule has 1 aromatic carbocycles. The number of hydrogen-bond acceptors (Lipinski definition) is 6. The molecule has 0 bridgehead atoms. The predicted molar refractivity (Wildman–Crippen MR) is 107 cm³/mol. The molecule has 0 aliphatic heterocycles. The topological polar surface area (TPSA) is 85.8 Å². The lowest BCUT2D eigenvalue weighted by molar-refractivity contribution is 0.101. The maximum atomic E-state index is 12.5. The van der Waals surface area contributed by atoms with Gasteiger partial charge in [0.15, 0.2) is 5.69 Å². The number of rotatable bonds is 3. The maximum absolute atomic E-state index is 12.5. The van der Waals surface area contributed by atoms with Crippen molar-refractivity contribution >= 4 is 33.3 Å². The summed E-state index contributed by atoms with van der Waals surface area (Å²) >= 11 is 1.58. The third kappa shape index (κ3) is 2.99. The zero-order chi connectivity index (χ0) is 19.3. The van der Waals surface area contributed by atoms with Crippen LogP contribution in [0.2, 0.25) is 0 Å². The van der Waals surface area contributed by atoms with Gasteiger partial charge in [-0.1, -0.05) is 16.5 Å². The highest BCUT2D eigenvalue weighted by Gasteiger charge is 2.18. The molecule has 5 rings (SSSR count). The zero-order valence-electron chi connectivity index (χ0n) is 15.7. The summed E-state index contributed by atoms with van der Waals surface area (Å²) < 4.78 is 7.82. The van der Waals surface area contributed by atoms with E-state index in [9.17, 15) is 4.79 Å². The summed E-state index contributed by atoms with van der Waals surface area (Å²) in [4.78, 5) is 17.3. The van der Waals surface area contributed by atoms with Crippen molar-refractivity contribution < 1.29 is 9.32 Å². The van der Waals surface area contributed by atoms with Crippen LogP contribution in [0.1, 0.15) is 45.9 Å². The third-order valence-electron chi connectivity index (χ3n) is 4.96. The molecule has 0 saturated heterocycles. The van der Waals surface area contributed by atoms with E-state index < -0.39 is 0 Å². The molecule has 1 aliphatic rings. The molecule has 0 radical (unpaired) electrons. The van der Waals surface area contributed by atoms with Gasteiger partial charge in [0.25, 0.3) is 5.91 Å². The molecule has 3 aromatic heterocycles. The average molecular weight is 393 g/mol. The van der Waals surface area contributed by atoms with Crippen molar-refractivity contribution in [2.45, 2.75) is 39.5 Å². The second kappa shape index (κ2) is 6.56. The van der Waals surface area contributed by atoms with Gasteiger partial charge in [0.05, 0.1) is 15.9 Å². The van der Waals surface area contributed by atoms with Crippen molar-refractivity contribution in [3.63, 3.8) is 0 Å². The Hall–Kier alpha value is -3.00. The minimum atomic E-state index is -0.338. The Morgan fingerprint density at radius 3 is 2.68 bits per heavy atom. The Balaban J connectivity index is 1.52. The van der Waals surface area contributed by atoms with Gasteiger partial charge in [-0.05, 0) is 62.8 Å². The van der Waals surface area contributed by atoms with Crippen LogP contribution in [0, 0.1) is 13.8 Å². The van der Waals surface area contributed by atoms with Gasteiger partial charge in [-0.15, -0.1) is 0 Å². The number of benzene rings is 1. The molecular weight excluding hydrogens is 374 g/mol. The van der Waals surface area contributed by atoms with E-state index in [0.717, 1.165) is 33.9 Å². The van der Waals surface area contributed by atoms with E-state index >= 15 is 0 Å². The van der Waals surface area contributed by atoms with Crippen LogP contribution < -0.4 is 5.32 Å². The van der Waals surface area contributed by atoms with E-state index in [0.29, 0.717) is 11.6 Å². The number of thiazole rings is 1. The average Bonchev–Trinajstić information content (AvgIpc) is 3.37. The number of nitrogens with one attached hydrogen (secondary N) is 1. The van der Waals surface area contributed by atoms with Crippen LogP contribution in [0.15, 0.2) is 28.8 Å². The van der Waals surface area contributed by atoms with Gasteiger partial charge in [0.1, 0.15) is 11.6 Å². The molecule has 28 heavy (non-hydrogen) atoms. The summed E-state index contributed by atoms with van der Waals surface area (Å²) in [6, 6.07) is 7.89. The first-order valence-electron chi connectivity index (χ1n) is 9.31. The molecule has 0 atom stereocenters. The first kappa shape index (κ1) is 17.1. The summed E-state index contributed by atoms with van der Waals surface area (Å²) in [5, 5.41) is 11.9. The first-order chi connectivity index (χ1) is 13.6. The molecule has 8 heteroatoms. The van der Waals surface area contributed by atoms with Gasteiger partial charge < -0.3 is 9.84 Å². The molecule has 142 valence electrons. The Labute approximate surface area is 165 Å². The number of hydrogen-bond donors (Lipinski definition) is 1. The van der Waals surface area contributed by atoms with Crippen molar-refractivity contribution in [2.24, 2.45) is 0 Å². The van der Waals surface area contributed by atoms with Crippen molar-refractivity contribution in [2.75, 3.05) is 5.32 Å². The summed E-state index contributed by atoms with van der Waals surface area (Å²) in [7, 11) is 0. The molecule has 0 unspecified atom stereocenters. The second-order valence-corrected chi connectivity index (χ2v) is 8.16. The van der Waals surface area contributed by atoms with Crippen molar-refractivity contribution in [3.8, 4) is 5.13 Å². The minimum Gasteiger partial charge on any atom is -0.361 e. The van der Waals surface area contributed by atoms with Gasteiger partial charge in [-0.3, -0.25) is 4.79 Å². The molecule has 1 aliphatic carbocycles. The fourth-order valence-electron chi connectivity index (χ4n) is 3.62. The Morgan fingerprint density at radius 2 is 1.93 bits per heavy atom. The van der Waals surface area contributed by atoms with Gasteiger partial charge in [0.2, 0.25) is 5.13 Å². The Morgan fingerprint density at radius 1 is 1.14 bits per heavy atom. The first-order valence-corrected chi connectivity index (χ1v) is 10.1. The molecule has 4 aromatic rings. The molecular formula is C20H19N5O2S. The SMILES string of the molecule is Cc1cc(NC(=O)c2cc(C)on2)n(-c2nc3cc4c(cc3s2)CCCC4)n1. The molecule has 0 saturated carbocycles. The van der Waals surface area contributed by atoms with Gasteiger partial charge in [-0.2, -0.15) is 9.78 Å². The van der Waals surface area contributed by atoms with E-state index in [4.69, 9.17) is 9.51 Å². The Bertz CT molecular complexity index is 1160. The van der Waals surface area contributed by atoms with Crippen molar-refractivity contribution in [1.29, 1.82) is 0 Å². The molecule has 3 heterocycles. The van der Waals surface area contributed by atoms with Crippen LogP contribution in [0.25, 0.3) is 15.3 Å². The minimum absolute atomic E-state index is 0.236. The largest absolute Gasteiger partial charge is 0.361 e. The van der Waals surface area contributed by atoms with Crippen molar-refractivity contribution in [3.05, 3.63) is 52.5 Å². The number of aromatic nitrogens is 4. The molecule has 1 N–H and O–H groups in total. The van der Waals surface area contributed by atoms with Crippen LogP contribution in [0.5, 0.6) is 0 Å². The van der Waals surface area contributed by atoms with Crippen LogP contribution in [-0.4, -0.2) is 25.8 Å². The van der Waals surface area contributed by atoms with Crippen molar-refractivity contribution in [1.82, 2.24) is 19.9 Å². The fraction of sp³-hybridized carbons (Fsp3) is 0.300. The summed E-state index contributed by atoms with van der Waals surface area (Å²) in [6.45, 7) is 3.64. The number of carbonyl (C=O) groups is 1. The van der Waals surface area contributed by atoms with Gasteiger partial charge in [0, 0.05) is 12.1 Å². The third-order valence-corrected chi connectivity index (χ3v) is 5.95. The molecule has 0 spiro atoms. The normalized spacial score (nSPS) is 13.6. The highest BCUT2D eigenvalue weighted by atomic mass is 32.1. The van der Waals surface area contributed by atoms with Crippen LogP contribution in [0.4, 0.5) is 5.82 Å². The second-order valence-electron chi connectivity index (χ2n) is 7.15. The molecule has 0 fully saturated rings. The van der Waals surface area contributed by atoms with Crippen LogP contribution >= 0.6 is 11.3 Å². The quantitative estimate of drug-likeness (QED) is 0.563. The number of amides is 1. The summed E-state index contributed by atoms with van der Waals surface area (Å²) in [5.74, 6) is 0.812. The lowest BCUT2D eigenvalue weighted by Gasteiger charge is -2.14. The number of nitrogens with zero attached hydrogens (tertiary/aromatic N) is 4.